The average molecular weight is 208 g/mol. The predicted molar refractivity (Wildman–Crippen MR) is 59.2 cm³/mol. The number of imidazole rings is 1. The largest absolute Gasteiger partial charge is 0.388 e. The number of thioether (sulfide) groups is 1. The summed E-state index contributed by atoms with van der Waals surface area (Å²) in [6, 6.07) is 7.94. The number of aliphatic hydroxyl groups excluding tert-OH is 1. The molecule has 0 amide bonds. The molecule has 0 radical (unpaired) electrons. The normalized spacial score (nSPS) is 11.0. The van der Waals surface area contributed by atoms with Crippen LogP contribution in [0.3, 0.4) is 0 Å². The highest BCUT2D eigenvalue weighted by atomic mass is 32.2. The summed E-state index contributed by atoms with van der Waals surface area (Å²) in [6.45, 7) is -0.00472. The van der Waals surface area contributed by atoms with Crippen molar-refractivity contribution in [1.29, 1.82) is 0 Å². The smallest absolute Gasteiger partial charge is 0.136 e. The van der Waals surface area contributed by atoms with Crippen LogP contribution in [-0.4, -0.2) is 20.9 Å². The molecule has 0 aliphatic heterocycles. The van der Waals surface area contributed by atoms with Crippen LogP contribution in [0.4, 0.5) is 0 Å². The van der Waals surface area contributed by atoms with Crippen LogP contribution in [0.1, 0.15) is 5.82 Å². The van der Waals surface area contributed by atoms with Gasteiger partial charge in [0.15, 0.2) is 0 Å². The fourth-order valence-electron chi connectivity index (χ4n) is 1.52. The minimum atomic E-state index is -0.00472. The van der Waals surface area contributed by atoms with Gasteiger partial charge in [-0.05, 0) is 18.4 Å². The molecule has 2 aromatic rings. The molecule has 0 atom stereocenters. The highest BCUT2D eigenvalue weighted by Gasteiger charge is 2.07. The zero-order valence-electron chi connectivity index (χ0n) is 7.97. The van der Waals surface area contributed by atoms with Crippen LogP contribution in [0.25, 0.3) is 11.0 Å². The number of aliphatic hydroxyl groups is 1. The Hall–Kier alpha value is -1.00. The average Bonchev–Trinajstić information content (AvgIpc) is 2.58. The fraction of sp³-hybridized carbons (Fsp3) is 0.300. The van der Waals surface area contributed by atoms with Crippen molar-refractivity contribution >= 4 is 22.8 Å². The Labute approximate surface area is 86.8 Å². The minimum absolute atomic E-state index is 0.00472. The van der Waals surface area contributed by atoms with Crippen molar-refractivity contribution in [2.75, 3.05) is 6.26 Å². The van der Waals surface area contributed by atoms with Crippen molar-refractivity contribution in [2.45, 2.75) is 12.5 Å². The predicted octanol–water partition coefficient (Wildman–Crippen LogP) is 1.85. The van der Waals surface area contributed by atoms with Gasteiger partial charge in [0.1, 0.15) is 12.4 Å². The lowest BCUT2D eigenvalue weighted by Gasteiger charge is -2.04. The Kier molecular flexibility index (Phi) is 2.74. The third-order valence-electron chi connectivity index (χ3n) is 2.13. The second-order valence-electron chi connectivity index (χ2n) is 3.02. The lowest BCUT2D eigenvalue weighted by Crippen LogP contribution is -2.00. The molecule has 0 saturated heterocycles. The molecular weight excluding hydrogens is 196 g/mol. The van der Waals surface area contributed by atoms with E-state index in [2.05, 4.69) is 4.98 Å². The summed E-state index contributed by atoms with van der Waals surface area (Å²) >= 11 is 1.72. The maximum absolute atomic E-state index is 9.15. The second kappa shape index (κ2) is 4.02. The lowest BCUT2D eigenvalue weighted by molar-refractivity contribution is 0.268. The third kappa shape index (κ3) is 1.51. The summed E-state index contributed by atoms with van der Waals surface area (Å²) in [6.07, 6.45) is 2.04. The molecule has 2 rings (SSSR count). The number of hydrogen-bond donors (Lipinski definition) is 1. The monoisotopic (exact) mass is 208 g/mol. The zero-order valence-corrected chi connectivity index (χ0v) is 8.79. The van der Waals surface area contributed by atoms with E-state index in [1.165, 1.54) is 0 Å². The van der Waals surface area contributed by atoms with Crippen LogP contribution in [0.2, 0.25) is 0 Å². The molecule has 0 saturated carbocycles. The first-order valence-corrected chi connectivity index (χ1v) is 5.80. The summed E-state index contributed by atoms with van der Waals surface area (Å²) in [5.74, 6) is 1.57. The van der Waals surface area contributed by atoms with E-state index in [-0.39, 0.29) is 6.61 Å². The Morgan fingerprint density at radius 2 is 2.21 bits per heavy atom. The van der Waals surface area contributed by atoms with Gasteiger partial charge in [-0.1, -0.05) is 12.1 Å². The van der Waals surface area contributed by atoms with Gasteiger partial charge in [-0.15, -0.1) is 11.8 Å². The van der Waals surface area contributed by atoms with Crippen LogP contribution in [0, 0.1) is 0 Å². The summed E-state index contributed by atoms with van der Waals surface area (Å²) in [5, 5.41) is 9.15. The van der Waals surface area contributed by atoms with E-state index in [1.54, 1.807) is 11.8 Å². The van der Waals surface area contributed by atoms with E-state index >= 15 is 0 Å². The van der Waals surface area contributed by atoms with Gasteiger partial charge in [-0.25, -0.2) is 4.98 Å². The van der Waals surface area contributed by atoms with E-state index in [0.717, 1.165) is 22.7 Å². The van der Waals surface area contributed by atoms with Crippen molar-refractivity contribution in [2.24, 2.45) is 0 Å². The molecule has 1 heterocycles. The molecule has 14 heavy (non-hydrogen) atoms. The fourth-order valence-corrected chi connectivity index (χ4v) is 2.07. The number of fused-ring (bicyclic) bond motifs is 1. The summed E-state index contributed by atoms with van der Waals surface area (Å²) < 4.78 is 2.04. The molecule has 0 unspecified atom stereocenters. The Balaban J connectivity index is 2.61. The van der Waals surface area contributed by atoms with Crippen LogP contribution in [0.15, 0.2) is 24.3 Å². The number of hydrogen-bond acceptors (Lipinski definition) is 3. The maximum atomic E-state index is 9.15. The van der Waals surface area contributed by atoms with Crippen molar-refractivity contribution in [3.8, 4) is 0 Å². The quantitative estimate of drug-likeness (QED) is 0.836. The third-order valence-corrected chi connectivity index (χ3v) is 2.65. The highest BCUT2D eigenvalue weighted by Crippen LogP contribution is 2.17. The molecule has 4 heteroatoms. The van der Waals surface area contributed by atoms with Crippen LogP contribution in [0.5, 0.6) is 0 Å². The Morgan fingerprint density at radius 3 is 2.93 bits per heavy atom. The van der Waals surface area contributed by atoms with Gasteiger partial charge in [0.05, 0.1) is 16.9 Å². The van der Waals surface area contributed by atoms with Crippen molar-refractivity contribution in [1.82, 2.24) is 9.55 Å². The molecule has 0 fully saturated rings. The van der Waals surface area contributed by atoms with Crippen LogP contribution < -0.4 is 0 Å². The number of rotatable bonds is 3. The van der Waals surface area contributed by atoms with Crippen molar-refractivity contribution in [3.63, 3.8) is 0 Å². The first kappa shape index (κ1) is 9.55. The molecule has 1 N–H and O–H groups in total. The van der Waals surface area contributed by atoms with Gasteiger partial charge < -0.3 is 9.67 Å². The van der Waals surface area contributed by atoms with E-state index in [0.29, 0.717) is 0 Å². The lowest BCUT2D eigenvalue weighted by atomic mass is 10.3. The number of aromatic nitrogens is 2. The van der Waals surface area contributed by atoms with Crippen molar-refractivity contribution in [3.05, 3.63) is 30.1 Å². The number of para-hydroxylation sites is 2. The first-order chi connectivity index (χ1) is 6.86. The second-order valence-corrected chi connectivity index (χ2v) is 3.86. The molecule has 0 bridgehead atoms. The van der Waals surface area contributed by atoms with Crippen LogP contribution >= 0.6 is 11.8 Å². The van der Waals surface area contributed by atoms with Gasteiger partial charge in [-0.3, -0.25) is 0 Å². The van der Waals surface area contributed by atoms with Gasteiger partial charge >= 0.3 is 0 Å². The SMILES string of the molecule is CSCn1c(CO)nc2ccccc21. The van der Waals surface area contributed by atoms with Gasteiger partial charge in [0, 0.05) is 0 Å². The minimum Gasteiger partial charge on any atom is -0.388 e. The van der Waals surface area contributed by atoms with E-state index in [4.69, 9.17) is 5.11 Å². The summed E-state index contributed by atoms with van der Waals surface area (Å²) in [7, 11) is 0. The molecular formula is C10H12N2OS. The Bertz CT molecular complexity index is 439. The maximum Gasteiger partial charge on any atom is 0.136 e. The van der Waals surface area contributed by atoms with Gasteiger partial charge in [0.25, 0.3) is 0 Å². The van der Waals surface area contributed by atoms with Gasteiger partial charge in [-0.2, -0.15) is 0 Å². The molecule has 3 nitrogen and oxygen atoms in total. The molecule has 0 spiro atoms. The Morgan fingerprint density at radius 1 is 1.43 bits per heavy atom. The molecule has 1 aromatic carbocycles. The first-order valence-electron chi connectivity index (χ1n) is 4.40. The summed E-state index contributed by atoms with van der Waals surface area (Å²) in [4.78, 5) is 4.35. The molecule has 74 valence electrons. The van der Waals surface area contributed by atoms with Gasteiger partial charge in [0.2, 0.25) is 0 Å². The summed E-state index contributed by atoms with van der Waals surface area (Å²) in [5.41, 5.74) is 2.04. The zero-order chi connectivity index (χ0) is 9.97. The molecule has 0 aliphatic rings. The molecule has 1 aromatic heterocycles. The van der Waals surface area contributed by atoms with E-state index < -0.39 is 0 Å². The highest BCUT2D eigenvalue weighted by molar-refractivity contribution is 7.97. The van der Waals surface area contributed by atoms with Crippen molar-refractivity contribution < 1.29 is 5.11 Å². The topological polar surface area (TPSA) is 38.0 Å². The number of benzene rings is 1. The van der Waals surface area contributed by atoms with E-state index in [9.17, 15) is 0 Å². The van der Waals surface area contributed by atoms with Crippen LogP contribution in [-0.2, 0) is 12.5 Å². The standard InChI is InChI=1S/C10H12N2OS/c1-14-7-12-9-5-3-2-4-8(9)11-10(12)6-13/h2-5,13H,6-7H2,1H3. The van der Waals surface area contributed by atoms with E-state index in [1.807, 2.05) is 35.1 Å². The number of nitrogens with zero attached hydrogens (tertiary/aromatic N) is 2. The molecule has 0 aliphatic carbocycles.